The zero-order valence-electron chi connectivity index (χ0n) is 16.0. The van der Waals surface area contributed by atoms with Crippen LogP contribution in [0.4, 0.5) is 4.79 Å². The lowest BCUT2D eigenvalue weighted by molar-refractivity contribution is -0.920. The molecule has 0 aliphatic carbocycles. The van der Waals surface area contributed by atoms with E-state index < -0.39 is 0 Å². The summed E-state index contributed by atoms with van der Waals surface area (Å²) in [5, 5.41) is 4.75. The first-order valence-corrected chi connectivity index (χ1v) is 10.2. The first kappa shape index (κ1) is 18.8. The van der Waals surface area contributed by atoms with Crippen LogP contribution in [0.2, 0.25) is 0 Å². The second-order valence-electron chi connectivity index (χ2n) is 6.97. The van der Waals surface area contributed by atoms with E-state index in [-0.39, 0.29) is 24.5 Å². The highest BCUT2D eigenvalue weighted by Crippen LogP contribution is 2.37. The quantitative estimate of drug-likeness (QED) is 0.778. The maximum Gasteiger partial charge on any atom is 0.324 e. The molecule has 7 nitrogen and oxygen atoms in total. The van der Waals surface area contributed by atoms with Gasteiger partial charge >= 0.3 is 6.03 Å². The fraction of sp³-hybridized carbons (Fsp3) is 0.400. The number of ether oxygens (including phenoxy) is 2. The highest BCUT2D eigenvalue weighted by atomic mass is 32.1. The molecule has 8 heteroatoms. The van der Waals surface area contributed by atoms with Crippen LogP contribution in [-0.2, 0) is 11.2 Å². The average molecular weight is 402 g/mol. The molecule has 3 amide bonds. The molecule has 2 atom stereocenters. The van der Waals surface area contributed by atoms with Gasteiger partial charge in [-0.15, -0.1) is 11.3 Å². The van der Waals surface area contributed by atoms with Crippen LogP contribution in [0.25, 0.3) is 0 Å². The Labute approximate surface area is 167 Å². The second-order valence-corrected chi connectivity index (χ2v) is 7.95. The van der Waals surface area contributed by atoms with Gasteiger partial charge in [0.1, 0.15) is 6.04 Å². The van der Waals surface area contributed by atoms with E-state index in [1.807, 2.05) is 18.2 Å². The summed E-state index contributed by atoms with van der Waals surface area (Å²) in [5.41, 5.74) is 2.37. The van der Waals surface area contributed by atoms with Crippen LogP contribution in [0.5, 0.6) is 11.5 Å². The zero-order valence-corrected chi connectivity index (χ0v) is 16.8. The van der Waals surface area contributed by atoms with Gasteiger partial charge in [0.15, 0.2) is 18.0 Å². The molecule has 1 fully saturated rings. The summed E-state index contributed by atoms with van der Waals surface area (Å²) in [6.45, 7) is 2.06. The number of amides is 3. The van der Waals surface area contributed by atoms with E-state index in [2.05, 4.69) is 16.8 Å². The number of rotatable bonds is 5. The van der Waals surface area contributed by atoms with Crippen LogP contribution in [-0.4, -0.2) is 57.2 Å². The topological polar surface area (TPSA) is 72.3 Å². The molecular formula is C20H24N3O4S+. The first-order valence-electron chi connectivity index (χ1n) is 9.33. The molecular weight excluding hydrogens is 378 g/mol. The predicted molar refractivity (Wildman–Crippen MR) is 105 cm³/mol. The van der Waals surface area contributed by atoms with Crippen molar-refractivity contribution in [2.75, 3.05) is 40.4 Å². The van der Waals surface area contributed by atoms with Gasteiger partial charge in [-0.3, -0.25) is 9.69 Å². The molecule has 148 valence electrons. The zero-order chi connectivity index (χ0) is 19.7. The fourth-order valence-corrected chi connectivity index (χ4v) is 4.98. The van der Waals surface area contributed by atoms with Gasteiger partial charge in [0.25, 0.3) is 5.91 Å². The number of quaternary nitrogens is 1. The number of benzene rings is 1. The van der Waals surface area contributed by atoms with Crippen molar-refractivity contribution in [2.45, 2.75) is 12.5 Å². The minimum absolute atomic E-state index is 0.0261. The third kappa shape index (κ3) is 3.33. The van der Waals surface area contributed by atoms with Crippen LogP contribution < -0.4 is 19.7 Å². The van der Waals surface area contributed by atoms with E-state index in [4.69, 9.17) is 9.47 Å². The number of carbonyl (C=O) groups excluding carboxylic acids is 2. The predicted octanol–water partition coefficient (Wildman–Crippen LogP) is 0.847. The van der Waals surface area contributed by atoms with Crippen molar-refractivity contribution in [1.29, 1.82) is 0 Å². The molecule has 0 saturated carbocycles. The highest BCUT2D eigenvalue weighted by molar-refractivity contribution is 7.10. The van der Waals surface area contributed by atoms with Crippen molar-refractivity contribution in [1.82, 2.24) is 10.2 Å². The largest absolute Gasteiger partial charge is 0.493 e. The Morgan fingerprint density at radius 2 is 2.11 bits per heavy atom. The highest BCUT2D eigenvalue weighted by Gasteiger charge is 2.38. The van der Waals surface area contributed by atoms with Crippen molar-refractivity contribution in [2.24, 2.45) is 0 Å². The molecule has 1 saturated heterocycles. The normalized spacial score (nSPS) is 21.2. The van der Waals surface area contributed by atoms with E-state index in [9.17, 15) is 9.59 Å². The smallest absolute Gasteiger partial charge is 0.324 e. The third-order valence-electron chi connectivity index (χ3n) is 5.44. The monoisotopic (exact) mass is 402 g/mol. The molecule has 1 unspecified atom stereocenters. The number of hydrogen-bond donors (Lipinski definition) is 2. The Hall–Kier alpha value is -2.58. The number of nitrogens with one attached hydrogen (secondary N) is 2. The minimum atomic E-state index is -0.291. The maximum atomic E-state index is 12.8. The van der Waals surface area contributed by atoms with E-state index in [0.717, 1.165) is 29.2 Å². The molecule has 1 aromatic carbocycles. The number of hydrogen-bond acceptors (Lipinski definition) is 5. The van der Waals surface area contributed by atoms with Crippen LogP contribution in [0.3, 0.4) is 0 Å². The van der Waals surface area contributed by atoms with E-state index in [0.29, 0.717) is 18.8 Å². The number of thiophene rings is 1. The van der Waals surface area contributed by atoms with Crippen LogP contribution >= 0.6 is 11.3 Å². The molecule has 1 aromatic heterocycles. The summed E-state index contributed by atoms with van der Waals surface area (Å²) in [6.07, 6.45) is 0.840. The molecule has 2 aromatic rings. The van der Waals surface area contributed by atoms with Crippen molar-refractivity contribution in [3.63, 3.8) is 0 Å². The number of urea groups is 1. The van der Waals surface area contributed by atoms with E-state index in [1.54, 1.807) is 25.6 Å². The van der Waals surface area contributed by atoms with Gasteiger partial charge in [-0.1, -0.05) is 6.07 Å². The van der Waals surface area contributed by atoms with Gasteiger partial charge in [0.05, 0.1) is 25.6 Å². The molecule has 0 spiro atoms. The fourth-order valence-electron chi connectivity index (χ4n) is 4.08. The van der Waals surface area contributed by atoms with E-state index in [1.165, 1.54) is 15.3 Å². The first-order chi connectivity index (χ1) is 13.6. The summed E-state index contributed by atoms with van der Waals surface area (Å²) in [4.78, 5) is 28.3. The molecule has 0 bridgehead atoms. The number of imide groups is 1. The average Bonchev–Trinajstić information content (AvgIpc) is 3.38. The van der Waals surface area contributed by atoms with Gasteiger partial charge in [-0.25, -0.2) is 4.79 Å². The molecule has 3 heterocycles. The Kier molecular flexibility index (Phi) is 5.23. The molecule has 2 aliphatic heterocycles. The summed E-state index contributed by atoms with van der Waals surface area (Å²) in [7, 11) is 3.27. The van der Waals surface area contributed by atoms with Gasteiger partial charge in [-0.05, 0) is 29.1 Å². The number of nitrogens with zero attached hydrogens (tertiary/aromatic N) is 1. The van der Waals surface area contributed by atoms with Crippen molar-refractivity contribution >= 4 is 23.3 Å². The molecule has 2 aliphatic rings. The second kappa shape index (κ2) is 7.81. The van der Waals surface area contributed by atoms with Gasteiger partial charge in [0.2, 0.25) is 0 Å². The van der Waals surface area contributed by atoms with Crippen molar-refractivity contribution < 1.29 is 24.0 Å². The Morgan fingerprint density at radius 1 is 1.32 bits per heavy atom. The van der Waals surface area contributed by atoms with Crippen LogP contribution in [0, 0.1) is 0 Å². The number of carbonyl (C=O) groups is 2. The summed E-state index contributed by atoms with van der Waals surface area (Å²) >= 11 is 1.68. The Bertz CT molecular complexity index is 884. The van der Waals surface area contributed by atoms with Gasteiger partial charge in [0, 0.05) is 25.1 Å². The maximum absolute atomic E-state index is 12.8. The Morgan fingerprint density at radius 3 is 2.75 bits per heavy atom. The van der Waals surface area contributed by atoms with Crippen molar-refractivity contribution in [3.8, 4) is 11.5 Å². The summed E-state index contributed by atoms with van der Waals surface area (Å²) < 4.78 is 11.0. The standard InChI is InChI=1S/C20H23N3O4S/c1-26-15-10-13-5-7-22(12-18(24)23-8-6-21-20(23)25)19(17-4-3-9-28-17)14(13)11-16(15)27-2/h3-4,9-11,19H,5-8,12H2,1-2H3,(H,21,25)/p+1/t19-/m1/s1. The van der Waals surface area contributed by atoms with Crippen LogP contribution in [0.1, 0.15) is 22.0 Å². The number of fused-ring (bicyclic) bond motifs is 1. The van der Waals surface area contributed by atoms with Gasteiger partial charge in [-0.2, -0.15) is 0 Å². The SMILES string of the molecule is COc1cc2c(cc1OC)[C@H](c1cccs1)[NH+](CC(=O)N1CCNC1=O)CC2. The summed E-state index contributed by atoms with van der Waals surface area (Å²) in [5.74, 6) is 1.28. The molecule has 2 N–H and O–H groups in total. The number of methoxy groups -OCH3 is 2. The lowest BCUT2D eigenvalue weighted by atomic mass is 9.91. The minimum Gasteiger partial charge on any atom is -0.493 e. The Balaban J connectivity index is 1.69. The lowest BCUT2D eigenvalue weighted by Gasteiger charge is -2.34. The third-order valence-corrected chi connectivity index (χ3v) is 6.38. The molecule has 0 radical (unpaired) electrons. The van der Waals surface area contributed by atoms with Crippen LogP contribution in [0.15, 0.2) is 29.6 Å². The van der Waals surface area contributed by atoms with Gasteiger partial charge < -0.3 is 19.7 Å². The summed E-state index contributed by atoms with van der Waals surface area (Å²) in [6, 6.07) is 7.95. The van der Waals surface area contributed by atoms with E-state index >= 15 is 0 Å². The van der Waals surface area contributed by atoms with Crippen molar-refractivity contribution in [3.05, 3.63) is 45.6 Å². The molecule has 28 heavy (non-hydrogen) atoms. The lowest BCUT2D eigenvalue weighted by Crippen LogP contribution is -3.14. The molecule has 4 rings (SSSR count).